The van der Waals surface area contributed by atoms with Crippen LogP contribution in [0.3, 0.4) is 0 Å². The molecule has 0 radical (unpaired) electrons. The zero-order valence-corrected chi connectivity index (χ0v) is 13.4. The summed E-state index contributed by atoms with van der Waals surface area (Å²) in [5.74, 6) is 0. The van der Waals surface area contributed by atoms with E-state index in [2.05, 4.69) is 72.8 Å². The van der Waals surface area contributed by atoms with Crippen molar-refractivity contribution < 1.29 is 0 Å². The van der Waals surface area contributed by atoms with Gasteiger partial charge >= 0.3 is 0 Å². The summed E-state index contributed by atoms with van der Waals surface area (Å²) in [7, 11) is 0. The molecule has 0 amide bonds. The SMILES string of the molecule is c1ccc(-c2cc3ccc4sc5ccccc5c4c3s2)cc1. The van der Waals surface area contributed by atoms with Crippen LogP contribution < -0.4 is 0 Å². The zero-order chi connectivity index (χ0) is 14.5. The van der Waals surface area contributed by atoms with Crippen LogP contribution in [0.15, 0.2) is 72.8 Å². The van der Waals surface area contributed by atoms with Crippen molar-refractivity contribution in [3.8, 4) is 10.4 Å². The lowest BCUT2D eigenvalue weighted by Gasteiger charge is -1.94. The van der Waals surface area contributed by atoms with E-state index in [0.717, 1.165) is 0 Å². The minimum atomic E-state index is 1.30. The molecule has 0 atom stereocenters. The molecule has 0 saturated heterocycles. The van der Waals surface area contributed by atoms with Crippen LogP contribution in [-0.2, 0) is 0 Å². The summed E-state index contributed by atoms with van der Waals surface area (Å²) in [5.41, 5.74) is 1.30. The van der Waals surface area contributed by atoms with Crippen LogP contribution >= 0.6 is 22.7 Å². The largest absolute Gasteiger partial charge is 0.135 e. The smallest absolute Gasteiger partial charge is 0.0442 e. The Morgan fingerprint density at radius 3 is 2.36 bits per heavy atom. The van der Waals surface area contributed by atoms with E-state index in [4.69, 9.17) is 0 Å². The van der Waals surface area contributed by atoms with Crippen LogP contribution in [-0.4, -0.2) is 0 Å². The van der Waals surface area contributed by atoms with Crippen molar-refractivity contribution in [1.29, 1.82) is 0 Å². The predicted molar refractivity (Wildman–Crippen MR) is 100 cm³/mol. The summed E-state index contributed by atoms with van der Waals surface area (Å²) in [6.45, 7) is 0. The monoisotopic (exact) mass is 316 g/mol. The fourth-order valence-corrected chi connectivity index (χ4v) is 5.46. The molecule has 3 aromatic carbocycles. The van der Waals surface area contributed by atoms with Gasteiger partial charge in [-0.3, -0.25) is 0 Å². The highest BCUT2D eigenvalue weighted by atomic mass is 32.1. The summed E-state index contributed by atoms with van der Waals surface area (Å²) in [6.07, 6.45) is 0. The van der Waals surface area contributed by atoms with Gasteiger partial charge in [0.05, 0.1) is 0 Å². The van der Waals surface area contributed by atoms with Crippen LogP contribution in [0, 0.1) is 0 Å². The first-order chi connectivity index (χ1) is 10.9. The molecule has 104 valence electrons. The maximum atomic E-state index is 2.32. The van der Waals surface area contributed by atoms with Crippen LogP contribution in [0.4, 0.5) is 0 Å². The Morgan fingerprint density at radius 1 is 0.636 bits per heavy atom. The highest BCUT2D eigenvalue weighted by Crippen LogP contribution is 2.43. The lowest BCUT2D eigenvalue weighted by molar-refractivity contribution is 1.70. The first-order valence-electron chi connectivity index (χ1n) is 7.29. The van der Waals surface area contributed by atoms with Gasteiger partial charge in [0.25, 0.3) is 0 Å². The first-order valence-corrected chi connectivity index (χ1v) is 8.93. The van der Waals surface area contributed by atoms with E-state index in [-0.39, 0.29) is 0 Å². The maximum Gasteiger partial charge on any atom is 0.0442 e. The van der Waals surface area contributed by atoms with Crippen LogP contribution in [0.25, 0.3) is 40.7 Å². The second kappa shape index (κ2) is 4.67. The van der Waals surface area contributed by atoms with Crippen molar-refractivity contribution in [3.63, 3.8) is 0 Å². The summed E-state index contributed by atoms with van der Waals surface area (Å²) in [6, 6.07) is 26.2. The maximum absolute atomic E-state index is 2.32. The van der Waals surface area contributed by atoms with Gasteiger partial charge in [-0.2, -0.15) is 0 Å². The van der Waals surface area contributed by atoms with Crippen molar-refractivity contribution >= 4 is 52.9 Å². The van der Waals surface area contributed by atoms with Crippen molar-refractivity contribution in [2.45, 2.75) is 0 Å². The quantitative estimate of drug-likeness (QED) is 0.314. The second-order valence-electron chi connectivity index (χ2n) is 5.43. The standard InChI is InChI=1S/C20H12S2/c1-2-6-13(7-3-1)18-12-14-10-11-17-19(20(14)22-18)15-8-4-5-9-16(15)21-17/h1-12H. The van der Waals surface area contributed by atoms with Gasteiger partial charge in [0.2, 0.25) is 0 Å². The van der Waals surface area contributed by atoms with Gasteiger partial charge in [0.15, 0.2) is 0 Å². The molecule has 0 bridgehead atoms. The highest BCUT2D eigenvalue weighted by Gasteiger charge is 2.11. The van der Waals surface area contributed by atoms with Crippen molar-refractivity contribution in [2.75, 3.05) is 0 Å². The Morgan fingerprint density at radius 2 is 1.45 bits per heavy atom. The molecule has 0 unspecified atom stereocenters. The third kappa shape index (κ3) is 1.75. The lowest BCUT2D eigenvalue weighted by atomic mass is 10.1. The minimum Gasteiger partial charge on any atom is -0.135 e. The first kappa shape index (κ1) is 12.4. The molecule has 5 rings (SSSR count). The van der Waals surface area contributed by atoms with E-state index < -0.39 is 0 Å². The number of rotatable bonds is 1. The molecule has 0 fully saturated rings. The Kier molecular flexibility index (Phi) is 2.63. The van der Waals surface area contributed by atoms with Gasteiger partial charge in [-0.1, -0.05) is 54.6 Å². The number of hydrogen-bond acceptors (Lipinski definition) is 2. The van der Waals surface area contributed by atoms with Gasteiger partial charge in [-0.05, 0) is 29.1 Å². The summed E-state index contributed by atoms with van der Waals surface area (Å²) >= 11 is 3.79. The zero-order valence-electron chi connectivity index (χ0n) is 11.7. The molecular formula is C20H12S2. The molecule has 0 nitrogen and oxygen atoms in total. The average molecular weight is 316 g/mol. The molecular weight excluding hydrogens is 304 g/mol. The minimum absolute atomic E-state index is 1.30. The molecule has 2 aromatic heterocycles. The molecule has 0 saturated carbocycles. The number of hydrogen-bond donors (Lipinski definition) is 0. The van der Waals surface area contributed by atoms with E-state index in [1.54, 1.807) is 0 Å². The van der Waals surface area contributed by atoms with E-state index in [9.17, 15) is 0 Å². The van der Waals surface area contributed by atoms with Crippen LogP contribution in [0.5, 0.6) is 0 Å². The summed E-state index contributed by atoms with van der Waals surface area (Å²) in [4.78, 5) is 1.35. The highest BCUT2D eigenvalue weighted by molar-refractivity contribution is 7.28. The van der Waals surface area contributed by atoms with E-state index >= 15 is 0 Å². The molecule has 5 aromatic rings. The molecule has 0 spiro atoms. The third-order valence-electron chi connectivity index (χ3n) is 4.08. The third-order valence-corrected chi connectivity index (χ3v) is 6.44. The fraction of sp³-hybridized carbons (Fsp3) is 0. The Labute approximate surface area is 136 Å². The normalized spacial score (nSPS) is 11.6. The number of benzene rings is 3. The average Bonchev–Trinajstić information content (AvgIpc) is 3.16. The van der Waals surface area contributed by atoms with Crippen LogP contribution in [0.2, 0.25) is 0 Å². The number of thiophene rings is 2. The molecule has 22 heavy (non-hydrogen) atoms. The van der Waals surface area contributed by atoms with Crippen molar-refractivity contribution in [3.05, 3.63) is 72.8 Å². The van der Waals surface area contributed by atoms with E-state index in [0.29, 0.717) is 0 Å². The predicted octanol–water partition coefficient (Wildman–Crippen LogP) is 6.94. The molecule has 0 aliphatic carbocycles. The van der Waals surface area contributed by atoms with Crippen LogP contribution in [0.1, 0.15) is 0 Å². The molecule has 2 heteroatoms. The van der Waals surface area contributed by atoms with Gasteiger partial charge in [0.1, 0.15) is 0 Å². The van der Waals surface area contributed by atoms with Gasteiger partial charge in [-0.15, -0.1) is 22.7 Å². The lowest BCUT2D eigenvalue weighted by Crippen LogP contribution is -1.67. The van der Waals surface area contributed by atoms with Gasteiger partial charge < -0.3 is 0 Å². The second-order valence-corrected chi connectivity index (χ2v) is 7.57. The number of fused-ring (bicyclic) bond motifs is 5. The topological polar surface area (TPSA) is 0 Å². The summed E-state index contributed by atoms with van der Waals surface area (Å²) < 4.78 is 4.17. The Bertz CT molecular complexity index is 1110. The van der Waals surface area contributed by atoms with E-state index in [1.165, 1.54) is 40.7 Å². The Balaban J connectivity index is 1.90. The molecule has 2 heterocycles. The molecule has 0 aliphatic heterocycles. The van der Waals surface area contributed by atoms with Crippen molar-refractivity contribution in [1.82, 2.24) is 0 Å². The Hall–Kier alpha value is -2.16. The van der Waals surface area contributed by atoms with E-state index in [1.807, 2.05) is 22.7 Å². The van der Waals surface area contributed by atoms with Crippen molar-refractivity contribution in [2.24, 2.45) is 0 Å². The molecule has 0 N–H and O–H groups in total. The fourth-order valence-electron chi connectivity index (χ4n) is 3.05. The molecule has 0 aliphatic rings. The van der Waals surface area contributed by atoms with Gasteiger partial charge in [-0.25, -0.2) is 0 Å². The van der Waals surface area contributed by atoms with Gasteiger partial charge in [0, 0.05) is 29.7 Å². The summed E-state index contributed by atoms with van der Waals surface area (Å²) in [5, 5.41) is 4.15.